The first-order chi connectivity index (χ1) is 16.0. The molecule has 0 aliphatic carbocycles. The highest BCUT2D eigenvalue weighted by molar-refractivity contribution is 5.93. The fourth-order valence-electron chi connectivity index (χ4n) is 3.50. The van der Waals surface area contributed by atoms with Crippen LogP contribution in [0.25, 0.3) is 22.0 Å². The lowest BCUT2D eigenvalue weighted by Crippen LogP contribution is -2.24. The number of hydrogen-bond acceptors (Lipinski definition) is 5. The van der Waals surface area contributed by atoms with Gasteiger partial charge in [0.2, 0.25) is 0 Å². The van der Waals surface area contributed by atoms with Gasteiger partial charge in [0.05, 0.1) is 23.7 Å². The lowest BCUT2D eigenvalue weighted by molar-refractivity contribution is -0.147. The van der Waals surface area contributed by atoms with Crippen LogP contribution in [0.4, 0.5) is 5.69 Å². The average Bonchev–Trinajstić information content (AvgIpc) is 2.84. The molecule has 3 aromatic carbocycles. The van der Waals surface area contributed by atoms with Gasteiger partial charge in [-0.25, -0.2) is 4.98 Å². The molecule has 0 saturated heterocycles. The molecule has 0 spiro atoms. The number of nitrogens with one attached hydrogen (secondary N) is 1. The molecule has 0 aliphatic heterocycles. The summed E-state index contributed by atoms with van der Waals surface area (Å²) in [5.74, 6) is -1.00. The summed E-state index contributed by atoms with van der Waals surface area (Å²) in [5, 5.41) is 3.21. The van der Waals surface area contributed by atoms with Gasteiger partial charge in [0.25, 0.3) is 11.5 Å². The maximum Gasteiger partial charge on any atom is 0.308 e. The maximum atomic E-state index is 12.6. The number of rotatable bonds is 7. The molecule has 1 amide bonds. The van der Waals surface area contributed by atoms with E-state index >= 15 is 0 Å². The van der Waals surface area contributed by atoms with E-state index < -0.39 is 18.5 Å². The number of aryl methyl sites for hydroxylation is 2. The first-order valence-corrected chi connectivity index (χ1v) is 10.6. The molecule has 4 aromatic rings. The fourth-order valence-corrected chi connectivity index (χ4v) is 3.50. The van der Waals surface area contributed by atoms with E-state index in [2.05, 4.69) is 10.3 Å². The van der Waals surface area contributed by atoms with Crippen molar-refractivity contribution in [1.29, 1.82) is 0 Å². The largest absolute Gasteiger partial charge is 0.456 e. The Morgan fingerprint density at radius 3 is 2.42 bits per heavy atom. The van der Waals surface area contributed by atoms with Gasteiger partial charge in [-0.2, -0.15) is 0 Å². The number of carbonyl (C=O) groups excluding carboxylic acids is 2. The molecular weight excluding hydrogens is 418 g/mol. The smallest absolute Gasteiger partial charge is 0.308 e. The minimum Gasteiger partial charge on any atom is -0.456 e. The molecule has 0 unspecified atom stereocenters. The summed E-state index contributed by atoms with van der Waals surface area (Å²) in [7, 11) is 0. The van der Waals surface area contributed by atoms with Crippen LogP contribution in [-0.4, -0.2) is 28.0 Å². The van der Waals surface area contributed by atoms with E-state index in [0.717, 1.165) is 16.7 Å². The molecule has 0 atom stereocenters. The van der Waals surface area contributed by atoms with Crippen molar-refractivity contribution in [3.8, 4) is 11.1 Å². The van der Waals surface area contributed by atoms with Gasteiger partial charge in [-0.15, -0.1) is 0 Å². The summed E-state index contributed by atoms with van der Waals surface area (Å²) >= 11 is 0. The third-order valence-corrected chi connectivity index (χ3v) is 5.25. The van der Waals surface area contributed by atoms with Crippen LogP contribution in [0.1, 0.15) is 12.0 Å². The second kappa shape index (κ2) is 9.91. The molecule has 0 bridgehead atoms. The molecule has 1 aromatic heterocycles. The number of anilines is 1. The van der Waals surface area contributed by atoms with Gasteiger partial charge in [0, 0.05) is 12.2 Å². The first-order valence-electron chi connectivity index (χ1n) is 10.6. The van der Waals surface area contributed by atoms with Gasteiger partial charge >= 0.3 is 5.97 Å². The molecule has 0 fully saturated rings. The molecule has 166 valence electrons. The number of fused-ring (bicyclic) bond motifs is 1. The highest BCUT2D eigenvalue weighted by atomic mass is 16.5. The van der Waals surface area contributed by atoms with E-state index in [0.29, 0.717) is 16.6 Å². The van der Waals surface area contributed by atoms with Crippen LogP contribution in [0.2, 0.25) is 0 Å². The third-order valence-electron chi connectivity index (χ3n) is 5.25. The van der Waals surface area contributed by atoms with E-state index in [1.165, 1.54) is 10.9 Å². The van der Waals surface area contributed by atoms with Crippen LogP contribution in [-0.2, 0) is 20.9 Å². The third kappa shape index (κ3) is 5.33. The van der Waals surface area contributed by atoms with E-state index in [-0.39, 0.29) is 18.5 Å². The number of benzene rings is 3. The summed E-state index contributed by atoms with van der Waals surface area (Å²) in [4.78, 5) is 41.1. The lowest BCUT2D eigenvalue weighted by Gasteiger charge is -2.09. The zero-order valence-corrected chi connectivity index (χ0v) is 18.2. The maximum absolute atomic E-state index is 12.6. The standard InChI is InChI=1S/C26H23N3O4/c1-18-6-5-9-22-25(18)27-17-29(26(22)32)15-14-24(31)33-16-23(30)28-21-12-10-20(11-13-21)19-7-3-2-4-8-19/h2-13,17H,14-16H2,1H3,(H,28,30). The number of amides is 1. The van der Waals surface area contributed by atoms with Crippen LogP contribution < -0.4 is 10.9 Å². The van der Waals surface area contributed by atoms with Crippen LogP contribution in [0.15, 0.2) is 83.9 Å². The van der Waals surface area contributed by atoms with Crippen molar-refractivity contribution in [1.82, 2.24) is 9.55 Å². The first kappa shape index (κ1) is 22.0. The highest BCUT2D eigenvalue weighted by Gasteiger charge is 2.11. The number of aromatic nitrogens is 2. The molecule has 0 radical (unpaired) electrons. The fraction of sp³-hybridized carbons (Fsp3) is 0.154. The average molecular weight is 441 g/mol. The summed E-state index contributed by atoms with van der Waals surface area (Å²) in [6.07, 6.45) is 1.38. The van der Waals surface area contributed by atoms with Crippen molar-refractivity contribution in [3.63, 3.8) is 0 Å². The Kier molecular flexibility index (Phi) is 6.59. The molecule has 33 heavy (non-hydrogen) atoms. The topological polar surface area (TPSA) is 90.3 Å². The number of para-hydroxylation sites is 1. The number of nitrogens with zero attached hydrogens (tertiary/aromatic N) is 2. The predicted octanol–water partition coefficient (Wildman–Crippen LogP) is 3.94. The second-order valence-electron chi connectivity index (χ2n) is 7.62. The number of hydrogen-bond donors (Lipinski definition) is 1. The van der Waals surface area contributed by atoms with Gasteiger partial charge < -0.3 is 10.1 Å². The molecule has 7 heteroatoms. The summed E-state index contributed by atoms with van der Waals surface area (Å²) < 4.78 is 6.42. The molecule has 4 rings (SSSR count). The second-order valence-corrected chi connectivity index (χ2v) is 7.62. The Morgan fingerprint density at radius 2 is 1.67 bits per heavy atom. The SMILES string of the molecule is Cc1cccc2c(=O)n(CCC(=O)OCC(=O)Nc3ccc(-c4ccccc4)cc3)cnc12. The number of ether oxygens (including phenoxy) is 1. The van der Waals surface area contributed by atoms with Crippen molar-refractivity contribution < 1.29 is 14.3 Å². The summed E-state index contributed by atoms with van der Waals surface area (Å²) in [6.45, 7) is 1.61. The Bertz CT molecular complexity index is 1350. The van der Waals surface area contributed by atoms with Gasteiger partial charge in [0.15, 0.2) is 6.61 Å². The molecule has 1 heterocycles. The van der Waals surface area contributed by atoms with Crippen LogP contribution in [0.3, 0.4) is 0 Å². The molecular formula is C26H23N3O4. The minimum atomic E-state index is -0.569. The van der Waals surface area contributed by atoms with Gasteiger partial charge in [-0.3, -0.25) is 19.0 Å². The zero-order chi connectivity index (χ0) is 23.2. The molecule has 0 aliphatic rings. The van der Waals surface area contributed by atoms with Gasteiger partial charge in [-0.05, 0) is 41.8 Å². The Labute approximate surface area is 190 Å². The normalized spacial score (nSPS) is 10.7. The lowest BCUT2D eigenvalue weighted by atomic mass is 10.1. The monoisotopic (exact) mass is 441 g/mol. The molecule has 7 nitrogen and oxygen atoms in total. The van der Waals surface area contributed by atoms with Gasteiger partial charge in [0.1, 0.15) is 0 Å². The van der Waals surface area contributed by atoms with Crippen LogP contribution >= 0.6 is 0 Å². The number of carbonyl (C=O) groups is 2. The van der Waals surface area contributed by atoms with Crippen LogP contribution in [0, 0.1) is 6.92 Å². The quantitative estimate of drug-likeness (QED) is 0.439. The van der Waals surface area contributed by atoms with Crippen molar-refractivity contribution in [2.75, 3.05) is 11.9 Å². The van der Waals surface area contributed by atoms with E-state index in [1.54, 1.807) is 24.3 Å². The molecule has 0 saturated carbocycles. The van der Waals surface area contributed by atoms with Crippen molar-refractivity contribution in [3.05, 3.63) is 95.0 Å². The summed E-state index contributed by atoms with van der Waals surface area (Å²) in [6, 6.07) is 22.7. The predicted molar refractivity (Wildman–Crippen MR) is 127 cm³/mol. The van der Waals surface area contributed by atoms with E-state index in [9.17, 15) is 14.4 Å². The zero-order valence-electron chi connectivity index (χ0n) is 18.2. The van der Waals surface area contributed by atoms with Crippen LogP contribution in [0.5, 0.6) is 0 Å². The van der Waals surface area contributed by atoms with E-state index in [1.807, 2.05) is 55.5 Å². The van der Waals surface area contributed by atoms with E-state index in [4.69, 9.17) is 4.74 Å². The highest BCUT2D eigenvalue weighted by Crippen LogP contribution is 2.21. The van der Waals surface area contributed by atoms with Gasteiger partial charge in [-0.1, -0.05) is 54.6 Å². The van der Waals surface area contributed by atoms with Crippen molar-refractivity contribution in [2.24, 2.45) is 0 Å². The molecule has 1 N–H and O–H groups in total. The van der Waals surface area contributed by atoms with Crippen molar-refractivity contribution in [2.45, 2.75) is 19.9 Å². The Morgan fingerprint density at radius 1 is 0.939 bits per heavy atom. The number of esters is 1. The summed E-state index contributed by atoms with van der Waals surface area (Å²) in [5.41, 5.74) is 4.08. The van der Waals surface area contributed by atoms with Crippen molar-refractivity contribution >= 4 is 28.5 Å². The minimum absolute atomic E-state index is 0.0437. The Balaban J connectivity index is 1.27. The Hall–Kier alpha value is -4.26.